The van der Waals surface area contributed by atoms with E-state index in [2.05, 4.69) is 25.5 Å². The smallest absolute Gasteiger partial charge is 0.264 e. The standard InChI is InChI=1S/C17H13N5O/c23-16-13-14(11-7-3-1-4-8-11)21-22-15(13)19-17(20-16)18-12-9-5-2-6-10-12/h1-10H,(H3,18,19,20,21,22,23). The van der Waals surface area contributed by atoms with Gasteiger partial charge in [-0.3, -0.25) is 14.9 Å². The van der Waals surface area contributed by atoms with Gasteiger partial charge in [-0.15, -0.1) is 0 Å². The summed E-state index contributed by atoms with van der Waals surface area (Å²) in [7, 11) is 0. The molecule has 2 heterocycles. The van der Waals surface area contributed by atoms with Crippen LogP contribution < -0.4 is 10.9 Å². The second kappa shape index (κ2) is 5.42. The van der Waals surface area contributed by atoms with Crippen molar-refractivity contribution in [3.8, 4) is 11.3 Å². The quantitative estimate of drug-likeness (QED) is 0.543. The Morgan fingerprint density at radius 3 is 2.35 bits per heavy atom. The van der Waals surface area contributed by atoms with E-state index in [1.807, 2.05) is 60.7 Å². The summed E-state index contributed by atoms with van der Waals surface area (Å²) in [5, 5.41) is 10.6. The van der Waals surface area contributed by atoms with Crippen LogP contribution in [-0.4, -0.2) is 20.2 Å². The fourth-order valence-corrected chi connectivity index (χ4v) is 2.46. The first-order valence-corrected chi connectivity index (χ1v) is 7.17. The Morgan fingerprint density at radius 2 is 1.61 bits per heavy atom. The molecule has 0 aliphatic rings. The fraction of sp³-hybridized carbons (Fsp3) is 0. The molecule has 0 unspecified atom stereocenters. The van der Waals surface area contributed by atoms with E-state index in [0.717, 1.165) is 11.3 Å². The summed E-state index contributed by atoms with van der Waals surface area (Å²) in [6.45, 7) is 0. The molecule has 0 aliphatic carbocycles. The molecule has 0 spiro atoms. The molecular formula is C17H13N5O. The van der Waals surface area contributed by atoms with E-state index in [0.29, 0.717) is 22.7 Å². The predicted octanol–water partition coefficient (Wildman–Crippen LogP) is 3.06. The van der Waals surface area contributed by atoms with Crippen molar-refractivity contribution in [3.05, 3.63) is 71.0 Å². The molecule has 6 nitrogen and oxygen atoms in total. The van der Waals surface area contributed by atoms with E-state index in [9.17, 15) is 4.79 Å². The molecule has 3 N–H and O–H groups in total. The summed E-state index contributed by atoms with van der Waals surface area (Å²) in [6, 6.07) is 19.1. The lowest BCUT2D eigenvalue weighted by Crippen LogP contribution is -2.11. The van der Waals surface area contributed by atoms with Crippen molar-refractivity contribution in [1.82, 2.24) is 20.2 Å². The summed E-state index contributed by atoms with van der Waals surface area (Å²) < 4.78 is 0. The third-order valence-corrected chi connectivity index (χ3v) is 3.52. The fourth-order valence-electron chi connectivity index (χ4n) is 2.46. The number of H-pyrrole nitrogens is 2. The van der Waals surface area contributed by atoms with Gasteiger partial charge in [0.25, 0.3) is 5.56 Å². The number of fused-ring (bicyclic) bond motifs is 1. The molecule has 6 heteroatoms. The molecule has 4 rings (SSSR count). The van der Waals surface area contributed by atoms with Crippen molar-refractivity contribution in [2.45, 2.75) is 0 Å². The average Bonchev–Trinajstić information content (AvgIpc) is 3.01. The molecule has 0 amide bonds. The Kier molecular flexibility index (Phi) is 3.12. The van der Waals surface area contributed by atoms with Gasteiger partial charge in [0.15, 0.2) is 5.65 Å². The van der Waals surface area contributed by atoms with Crippen LogP contribution in [0.1, 0.15) is 0 Å². The Bertz CT molecular complexity index is 1010. The molecule has 4 aromatic rings. The van der Waals surface area contributed by atoms with Crippen LogP contribution in [0.4, 0.5) is 11.6 Å². The zero-order valence-electron chi connectivity index (χ0n) is 12.1. The number of hydrogen-bond donors (Lipinski definition) is 3. The highest BCUT2D eigenvalue weighted by Gasteiger charge is 2.13. The average molecular weight is 303 g/mol. The van der Waals surface area contributed by atoms with Gasteiger partial charge in [0.1, 0.15) is 5.39 Å². The molecule has 0 atom stereocenters. The van der Waals surface area contributed by atoms with Crippen LogP contribution in [0.2, 0.25) is 0 Å². The van der Waals surface area contributed by atoms with E-state index in [-0.39, 0.29) is 5.56 Å². The number of rotatable bonds is 3. The number of anilines is 2. The number of hydrogen-bond acceptors (Lipinski definition) is 4. The van der Waals surface area contributed by atoms with Gasteiger partial charge in [0.05, 0.1) is 5.69 Å². The molecule has 0 bridgehead atoms. The van der Waals surface area contributed by atoms with Crippen molar-refractivity contribution in [3.63, 3.8) is 0 Å². The van der Waals surface area contributed by atoms with Gasteiger partial charge >= 0.3 is 0 Å². The van der Waals surface area contributed by atoms with Crippen LogP contribution in [0.5, 0.6) is 0 Å². The van der Waals surface area contributed by atoms with Crippen molar-refractivity contribution in [2.75, 3.05) is 5.32 Å². The first-order chi connectivity index (χ1) is 11.3. The van der Waals surface area contributed by atoms with Crippen LogP contribution in [0.25, 0.3) is 22.3 Å². The van der Waals surface area contributed by atoms with Crippen molar-refractivity contribution in [1.29, 1.82) is 0 Å². The van der Waals surface area contributed by atoms with Crippen LogP contribution in [-0.2, 0) is 0 Å². The largest absolute Gasteiger partial charge is 0.326 e. The lowest BCUT2D eigenvalue weighted by Gasteiger charge is -2.04. The first kappa shape index (κ1) is 13.3. The van der Waals surface area contributed by atoms with E-state index < -0.39 is 0 Å². The lowest BCUT2D eigenvalue weighted by molar-refractivity contribution is 1.09. The predicted molar refractivity (Wildman–Crippen MR) is 89.7 cm³/mol. The van der Waals surface area contributed by atoms with E-state index >= 15 is 0 Å². The van der Waals surface area contributed by atoms with Gasteiger partial charge in [-0.05, 0) is 12.1 Å². The summed E-state index contributed by atoms with van der Waals surface area (Å²) in [4.78, 5) is 19.6. The lowest BCUT2D eigenvalue weighted by atomic mass is 10.1. The zero-order chi connectivity index (χ0) is 15.6. The normalized spacial score (nSPS) is 10.8. The highest BCUT2D eigenvalue weighted by molar-refractivity contribution is 5.90. The topological polar surface area (TPSA) is 86.5 Å². The second-order valence-electron chi connectivity index (χ2n) is 5.07. The van der Waals surface area contributed by atoms with E-state index in [4.69, 9.17) is 0 Å². The molecule has 0 saturated carbocycles. The third-order valence-electron chi connectivity index (χ3n) is 3.52. The number of nitrogens with one attached hydrogen (secondary N) is 3. The maximum absolute atomic E-state index is 12.4. The van der Waals surface area contributed by atoms with Gasteiger partial charge in [-0.1, -0.05) is 48.5 Å². The molecular weight excluding hydrogens is 290 g/mol. The number of aromatic amines is 2. The Balaban J connectivity index is 1.80. The van der Waals surface area contributed by atoms with Crippen LogP contribution in [0, 0.1) is 0 Å². The van der Waals surface area contributed by atoms with Crippen LogP contribution in [0.15, 0.2) is 65.5 Å². The van der Waals surface area contributed by atoms with Gasteiger partial charge in [0.2, 0.25) is 5.95 Å². The molecule has 0 aliphatic heterocycles. The second-order valence-corrected chi connectivity index (χ2v) is 5.07. The molecule has 23 heavy (non-hydrogen) atoms. The molecule has 0 fully saturated rings. The van der Waals surface area contributed by atoms with E-state index in [1.165, 1.54) is 0 Å². The van der Waals surface area contributed by atoms with Crippen molar-refractivity contribution in [2.24, 2.45) is 0 Å². The Labute approximate surface area is 131 Å². The molecule has 2 aromatic heterocycles. The summed E-state index contributed by atoms with van der Waals surface area (Å²) in [5.41, 5.74) is 2.55. The highest BCUT2D eigenvalue weighted by atomic mass is 16.1. The van der Waals surface area contributed by atoms with Gasteiger partial charge in [-0.25, -0.2) is 0 Å². The van der Waals surface area contributed by atoms with Gasteiger partial charge in [-0.2, -0.15) is 10.1 Å². The molecule has 0 saturated heterocycles. The molecule has 0 radical (unpaired) electrons. The highest BCUT2D eigenvalue weighted by Crippen LogP contribution is 2.23. The van der Waals surface area contributed by atoms with Gasteiger partial charge in [0, 0.05) is 11.3 Å². The van der Waals surface area contributed by atoms with Crippen molar-refractivity contribution < 1.29 is 0 Å². The SMILES string of the molecule is O=c1[nH]c(Nc2ccccc2)nc2n[nH]c(-c3ccccc3)c12. The van der Waals surface area contributed by atoms with Crippen LogP contribution >= 0.6 is 0 Å². The maximum Gasteiger partial charge on any atom is 0.264 e. The summed E-state index contributed by atoms with van der Waals surface area (Å²) in [6.07, 6.45) is 0. The summed E-state index contributed by atoms with van der Waals surface area (Å²) in [5.74, 6) is 0.361. The zero-order valence-corrected chi connectivity index (χ0v) is 12.1. The Morgan fingerprint density at radius 1 is 0.913 bits per heavy atom. The minimum Gasteiger partial charge on any atom is -0.326 e. The molecule has 112 valence electrons. The van der Waals surface area contributed by atoms with E-state index in [1.54, 1.807) is 0 Å². The first-order valence-electron chi connectivity index (χ1n) is 7.17. The minimum atomic E-state index is -0.235. The molecule has 2 aromatic carbocycles. The Hall–Kier alpha value is -3.41. The summed E-state index contributed by atoms with van der Waals surface area (Å²) >= 11 is 0. The number of nitrogens with zero attached hydrogens (tertiary/aromatic N) is 2. The van der Waals surface area contributed by atoms with Crippen LogP contribution in [0.3, 0.4) is 0 Å². The minimum absolute atomic E-state index is 0.235. The third kappa shape index (κ3) is 2.46. The number of benzene rings is 2. The maximum atomic E-state index is 12.4. The number of para-hydroxylation sites is 1. The number of aromatic nitrogens is 4. The van der Waals surface area contributed by atoms with Gasteiger partial charge < -0.3 is 5.32 Å². The monoisotopic (exact) mass is 303 g/mol. The van der Waals surface area contributed by atoms with Crippen molar-refractivity contribution >= 4 is 22.7 Å².